The second-order valence-corrected chi connectivity index (χ2v) is 6.02. The number of alkyl halides is 1. The van der Waals surface area contributed by atoms with Crippen LogP contribution in [0.2, 0.25) is 0 Å². The molecule has 2 unspecified atom stereocenters. The highest BCUT2D eigenvalue weighted by atomic mass is 79.9. The van der Waals surface area contributed by atoms with E-state index >= 15 is 0 Å². The molecule has 0 aliphatic carbocycles. The van der Waals surface area contributed by atoms with E-state index in [9.17, 15) is 4.39 Å². The summed E-state index contributed by atoms with van der Waals surface area (Å²) in [7, 11) is 1.64. The van der Waals surface area contributed by atoms with Crippen LogP contribution in [0, 0.1) is 5.82 Å². The van der Waals surface area contributed by atoms with Gasteiger partial charge >= 0.3 is 0 Å². The van der Waals surface area contributed by atoms with Gasteiger partial charge in [-0.2, -0.15) is 0 Å². The summed E-state index contributed by atoms with van der Waals surface area (Å²) in [6, 6.07) is 3.18. The molecule has 0 saturated carbocycles. The van der Waals surface area contributed by atoms with Crippen LogP contribution in [0.4, 0.5) is 4.39 Å². The number of ether oxygens (including phenoxy) is 1. The number of imidazole rings is 1. The Hall–Kier alpha value is -0.650. The fraction of sp³-hybridized carbons (Fsp3) is 0.462. The van der Waals surface area contributed by atoms with Gasteiger partial charge in [0.25, 0.3) is 0 Å². The summed E-state index contributed by atoms with van der Waals surface area (Å²) in [6.45, 7) is 4.36. The first-order chi connectivity index (χ1) is 8.95. The molecule has 0 N–H and O–H groups in total. The molecule has 3 nitrogen and oxygen atoms in total. The largest absolute Gasteiger partial charge is 0.383 e. The number of halogens is 3. The minimum Gasteiger partial charge on any atom is -0.383 e. The number of nitrogens with zero attached hydrogens (tertiary/aromatic N) is 2. The fourth-order valence-corrected chi connectivity index (χ4v) is 2.65. The molecule has 19 heavy (non-hydrogen) atoms. The minimum absolute atomic E-state index is 0.0341. The van der Waals surface area contributed by atoms with Gasteiger partial charge in [0.2, 0.25) is 0 Å². The Morgan fingerprint density at radius 2 is 2.16 bits per heavy atom. The molecule has 6 heteroatoms. The predicted octanol–water partition coefficient (Wildman–Crippen LogP) is 4.45. The highest BCUT2D eigenvalue weighted by Crippen LogP contribution is 2.31. The van der Waals surface area contributed by atoms with E-state index in [1.54, 1.807) is 13.2 Å². The van der Waals surface area contributed by atoms with Gasteiger partial charge in [-0.05, 0) is 35.8 Å². The first kappa shape index (κ1) is 14.8. The number of hydrogen-bond acceptors (Lipinski definition) is 2. The van der Waals surface area contributed by atoms with Gasteiger partial charge in [0.15, 0.2) is 0 Å². The lowest BCUT2D eigenvalue weighted by Crippen LogP contribution is -2.14. The van der Waals surface area contributed by atoms with Crippen molar-refractivity contribution in [3.63, 3.8) is 0 Å². The number of benzene rings is 1. The van der Waals surface area contributed by atoms with Gasteiger partial charge in [-0.3, -0.25) is 0 Å². The summed E-state index contributed by atoms with van der Waals surface area (Å²) in [4.78, 5) is 4.50. The smallest absolute Gasteiger partial charge is 0.139 e. The Labute approximate surface area is 124 Å². The van der Waals surface area contributed by atoms with Crippen LogP contribution in [-0.4, -0.2) is 23.3 Å². The lowest BCUT2D eigenvalue weighted by Gasteiger charge is -2.17. The molecule has 2 aromatic rings. The van der Waals surface area contributed by atoms with Crippen molar-refractivity contribution in [3.05, 3.63) is 28.2 Å². The maximum absolute atomic E-state index is 13.7. The average molecular weight is 350 g/mol. The molecule has 0 aliphatic heterocycles. The third-order valence-corrected chi connectivity index (χ3v) is 3.77. The van der Waals surface area contributed by atoms with Crippen LogP contribution < -0.4 is 0 Å². The molecule has 2 atom stereocenters. The predicted molar refractivity (Wildman–Crippen MR) is 78.2 cm³/mol. The van der Waals surface area contributed by atoms with E-state index in [2.05, 4.69) is 20.9 Å². The summed E-state index contributed by atoms with van der Waals surface area (Å²) in [5, 5.41) is -0.256. The zero-order valence-corrected chi connectivity index (χ0v) is 13.3. The normalized spacial score (nSPS) is 14.8. The summed E-state index contributed by atoms with van der Waals surface area (Å²) in [6.07, 6.45) is 0. The molecule has 0 saturated heterocycles. The average Bonchev–Trinajstić information content (AvgIpc) is 2.69. The van der Waals surface area contributed by atoms with Crippen LogP contribution in [0.25, 0.3) is 11.0 Å². The SMILES string of the molecule is COCC(C)n1c(C(C)Cl)nc2cc(Br)c(F)cc21. The van der Waals surface area contributed by atoms with Crippen molar-refractivity contribution in [2.24, 2.45) is 0 Å². The molecule has 0 amide bonds. The summed E-state index contributed by atoms with van der Waals surface area (Å²) < 4.78 is 21.2. The quantitative estimate of drug-likeness (QED) is 0.763. The fourth-order valence-electron chi connectivity index (χ4n) is 2.17. The number of fused-ring (bicyclic) bond motifs is 1. The molecule has 0 fully saturated rings. The molecule has 0 bridgehead atoms. The lowest BCUT2D eigenvalue weighted by atomic mass is 10.2. The topological polar surface area (TPSA) is 27.1 Å². The Bertz CT molecular complexity index is 600. The van der Waals surface area contributed by atoms with Crippen LogP contribution in [-0.2, 0) is 4.74 Å². The summed E-state index contributed by atoms with van der Waals surface area (Å²) >= 11 is 9.35. The number of aromatic nitrogens is 2. The second-order valence-electron chi connectivity index (χ2n) is 4.52. The van der Waals surface area contributed by atoms with Gasteiger partial charge in [-0.1, -0.05) is 0 Å². The maximum Gasteiger partial charge on any atom is 0.139 e. The minimum atomic E-state index is -0.313. The zero-order chi connectivity index (χ0) is 14.2. The van der Waals surface area contributed by atoms with Gasteiger partial charge in [0.05, 0.1) is 33.5 Å². The van der Waals surface area contributed by atoms with Crippen molar-refractivity contribution in [1.29, 1.82) is 0 Å². The first-order valence-corrected chi connectivity index (χ1v) is 7.18. The molecule has 2 rings (SSSR count). The second kappa shape index (κ2) is 5.77. The molecule has 1 heterocycles. The van der Waals surface area contributed by atoms with Gasteiger partial charge in [-0.15, -0.1) is 11.6 Å². The third kappa shape index (κ3) is 2.78. The van der Waals surface area contributed by atoms with Gasteiger partial charge in [0, 0.05) is 13.2 Å². The molecular formula is C13H15BrClFN2O. The van der Waals surface area contributed by atoms with E-state index in [1.807, 2.05) is 18.4 Å². The number of hydrogen-bond donors (Lipinski definition) is 0. The molecular weight excluding hydrogens is 335 g/mol. The van der Waals surface area contributed by atoms with E-state index < -0.39 is 0 Å². The van der Waals surface area contributed by atoms with Gasteiger partial charge < -0.3 is 9.30 Å². The van der Waals surface area contributed by atoms with Crippen molar-refractivity contribution in [2.75, 3.05) is 13.7 Å². The van der Waals surface area contributed by atoms with Crippen LogP contribution in [0.3, 0.4) is 0 Å². The molecule has 0 aliphatic rings. The molecule has 104 valence electrons. The van der Waals surface area contributed by atoms with Crippen molar-refractivity contribution in [2.45, 2.75) is 25.3 Å². The van der Waals surface area contributed by atoms with Crippen LogP contribution >= 0.6 is 27.5 Å². The van der Waals surface area contributed by atoms with E-state index in [0.29, 0.717) is 11.1 Å². The monoisotopic (exact) mass is 348 g/mol. The number of methoxy groups -OCH3 is 1. The maximum atomic E-state index is 13.7. The zero-order valence-electron chi connectivity index (χ0n) is 11.0. The van der Waals surface area contributed by atoms with Gasteiger partial charge in [0.1, 0.15) is 11.6 Å². The molecule has 1 aromatic carbocycles. The van der Waals surface area contributed by atoms with Crippen LogP contribution in [0.1, 0.15) is 31.1 Å². The molecule has 0 spiro atoms. The van der Waals surface area contributed by atoms with Gasteiger partial charge in [-0.25, -0.2) is 9.37 Å². The Morgan fingerprint density at radius 1 is 1.47 bits per heavy atom. The standard InChI is InChI=1S/C13H15BrClFN2O/c1-7(6-19-3)18-12-5-10(16)9(14)4-11(12)17-13(18)8(2)15/h4-5,7-8H,6H2,1-3H3. The summed E-state index contributed by atoms with van der Waals surface area (Å²) in [5.41, 5.74) is 1.45. The van der Waals surface area contributed by atoms with E-state index in [-0.39, 0.29) is 17.2 Å². The highest BCUT2D eigenvalue weighted by molar-refractivity contribution is 9.10. The van der Waals surface area contributed by atoms with E-state index in [1.165, 1.54) is 6.07 Å². The number of rotatable bonds is 4. The van der Waals surface area contributed by atoms with E-state index in [4.69, 9.17) is 16.3 Å². The van der Waals surface area contributed by atoms with Crippen LogP contribution in [0.15, 0.2) is 16.6 Å². The molecule has 1 aromatic heterocycles. The lowest BCUT2D eigenvalue weighted by molar-refractivity contribution is 0.162. The van der Waals surface area contributed by atoms with Crippen molar-refractivity contribution < 1.29 is 9.13 Å². The Balaban J connectivity index is 2.69. The highest BCUT2D eigenvalue weighted by Gasteiger charge is 2.20. The van der Waals surface area contributed by atoms with E-state index in [0.717, 1.165) is 16.9 Å². The molecule has 0 radical (unpaired) electrons. The van der Waals surface area contributed by atoms with Crippen molar-refractivity contribution in [3.8, 4) is 0 Å². The Kier molecular flexibility index (Phi) is 4.48. The first-order valence-electron chi connectivity index (χ1n) is 5.95. The summed E-state index contributed by atoms with van der Waals surface area (Å²) in [5.74, 6) is 0.408. The van der Waals surface area contributed by atoms with Crippen molar-refractivity contribution >= 4 is 38.6 Å². The van der Waals surface area contributed by atoms with Crippen LogP contribution in [0.5, 0.6) is 0 Å². The van der Waals surface area contributed by atoms with Crippen molar-refractivity contribution in [1.82, 2.24) is 9.55 Å². The Morgan fingerprint density at radius 3 is 2.74 bits per heavy atom. The third-order valence-electron chi connectivity index (χ3n) is 2.96.